The lowest BCUT2D eigenvalue weighted by atomic mass is 10.0. The molecule has 64 valence electrons. The van der Waals surface area contributed by atoms with Gasteiger partial charge in [-0.05, 0) is 25.7 Å². The zero-order valence-electron chi connectivity index (χ0n) is 6.92. The van der Waals surface area contributed by atoms with Gasteiger partial charge >= 0.3 is 6.09 Å². The van der Waals surface area contributed by atoms with Crippen LogP contribution in [0.1, 0.15) is 32.6 Å². The maximum atomic E-state index is 10.6. The van der Waals surface area contributed by atoms with Gasteiger partial charge in [0, 0.05) is 12.6 Å². The normalized spacial score (nSPS) is 25.2. The van der Waals surface area contributed by atoms with Gasteiger partial charge in [0.2, 0.25) is 0 Å². The van der Waals surface area contributed by atoms with Gasteiger partial charge in [-0.3, -0.25) is 0 Å². The van der Waals surface area contributed by atoms with Gasteiger partial charge in [-0.25, -0.2) is 4.79 Å². The van der Waals surface area contributed by atoms with Gasteiger partial charge < -0.3 is 10.0 Å². The van der Waals surface area contributed by atoms with E-state index in [1.165, 1.54) is 6.42 Å². The summed E-state index contributed by atoms with van der Waals surface area (Å²) < 4.78 is 0. The van der Waals surface area contributed by atoms with Crippen LogP contribution in [-0.4, -0.2) is 28.7 Å². The van der Waals surface area contributed by atoms with Crippen LogP contribution >= 0.6 is 0 Å². The second-order valence-corrected chi connectivity index (χ2v) is 3.03. The molecule has 0 radical (unpaired) electrons. The molecule has 1 saturated heterocycles. The zero-order valence-corrected chi connectivity index (χ0v) is 6.92. The molecule has 1 unspecified atom stereocenters. The number of hydrogen-bond donors (Lipinski definition) is 1. The van der Waals surface area contributed by atoms with Crippen LogP contribution in [0.15, 0.2) is 0 Å². The van der Waals surface area contributed by atoms with Crippen LogP contribution in [0.4, 0.5) is 4.79 Å². The van der Waals surface area contributed by atoms with Crippen LogP contribution in [-0.2, 0) is 0 Å². The second-order valence-electron chi connectivity index (χ2n) is 3.03. The van der Waals surface area contributed by atoms with Gasteiger partial charge in [-0.15, -0.1) is 0 Å². The first-order valence-electron chi connectivity index (χ1n) is 4.25. The predicted octanol–water partition coefficient (Wildman–Crippen LogP) is 1.93. The average molecular weight is 157 g/mol. The monoisotopic (exact) mass is 157 g/mol. The Morgan fingerprint density at radius 1 is 1.64 bits per heavy atom. The van der Waals surface area contributed by atoms with E-state index >= 15 is 0 Å². The van der Waals surface area contributed by atoms with Gasteiger partial charge in [0.1, 0.15) is 0 Å². The summed E-state index contributed by atoms with van der Waals surface area (Å²) >= 11 is 0. The van der Waals surface area contributed by atoms with Crippen LogP contribution in [0.25, 0.3) is 0 Å². The first-order valence-corrected chi connectivity index (χ1v) is 4.25. The lowest BCUT2D eigenvalue weighted by Gasteiger charge is -2.32. The van der Waals surface area contributed by atoms with E-state index in [1.807, 2.05) is 6.92 Å². The summed E-state index contributed by atoms with van der Waals surface area (Å²) in [6.45, 7) is 2.78. The molecular formula is C8H15NO2. The van der Waals surface area contributed by atoms with Crippen LogP contribution in [0.5, 0.6) is 0 Å². The molecule has 1 aliphatic heterocycles. The minimum absolute atomic E-state index is 0.279. The molecule has 11 heavy (non-hydrogen) atoms. The highest BCUT2D eigenvalue weighted by Gasteiger charge is 2.24. The van der Waals surface area contributed by atoms with Crippen molar-refractivity contribution >= 4 is 6.09 Å². The quantitative estimate of drug-likeness (QED) is 0.631. The van der Waals surface area contributed by atoms with Crippen molar-refractivity contribution in [2.75, 3.05) is 6.54 Å². The Hall–Kier alpha value is -0.730. The summed E-state index contributed by atoms with van der Waals surface area (Å²) in [5.74, 6) is 0. The van der Waals surface area contributed by atoms with Crippen molar-refractivity contribution in [1.82, 2.24) is 4.90 Å². The number of nitrogens with zero attached hydrogens (tertiary/aromatic N) is 1. The molecule has 1 fully saturated rings. The Kier molecular flexibility index (Phi) is 2.74. The minimum Gasteiger partial charge on any atom is -0.465 e. The summed E-state index contributed by atoms with van der Waals surface area (Å²) in [4.78, 5) is 12.2. The van der Waals surface area contributed by atoms with E-state index in [0.717, 1.165) is 25.8 Å². The second kappa shape index (κ2) is 3.60. The lowest BCUT2D eigenvalue weighted by molar-refractivity contribution is 0.105. The third kappa shape index (κ3) is 1.85. The number of piperidine rings is 1. The smallest absolute Gasteiger partial charge is 0.407 e. The molecule has 0 aromatic rings. The van der Waals surface area contributed by atoms with Crippen molar-refractivity contribution < 1.29 is 9.90 Å². The van der Waals surface area contributed by atoms with Gasteiger partial charge in [-0.2, -0.15) is 0 Å². The molecule has 1 amide bonds. The standard InChI is InChI=1S/C8H15NO2/c1-2-7-5-3-4-6-9(7)8(10)11/h7H,2-6H2,1H3,(H,10,11). The summed E-state index contributed by atoms with van der Waals surface area (Å²) in [6, 6.07) is 0.279. The minimum atomic E-state index is -0.753. The van der Waals surface area contributed by atoms with E-state index < -0.39 is 6.09 Å². The number of hydrogen-bond acceptors (Lipinski definition) is 1. The fourth-order valence-corrected chi connectivity index (χ4v) is 1.68. The third-order valence-corrected chi connectivity index (χ3v) is 2.34. The summed E-state index contributed by atoms with van der Waals surface area (Å²) in [5.41, 5.74) is 0. The first kappa shape index (κ1) is 8.37. The Bertz CT molecular complexity index is 147. The van der Waals surface area contributed by atoms with E-state index in [1.54, 1.807) is 4.90 Å². The number of carboxylic acid groups (broad SMARTS) is 1. The summed E-state index contributed by atoms with van der Waals surface area (Å²) in [6.07, 6.45) is 3.46. The number of carbonyl (C=O) groups is 1. The molecule has 3 heteroatoms. The Balaban J connectivity index is 2.51. The lowest BCUT2D eigenvalue weighted by Crippen LogP contribution is -2.42. The first-order chi connectivity index (χ1) is 5.25. The predicted molar refractivity (Wildman–Crippen MR) is 42.7 cm³/mol. The number of likely N-dealkylation sites (tertiary alicyclic amines) is 1. The van der Waals surface area contributed by atoms with E-state index in [0.29, 0.717) is 0 Å². The molecule has 0 aromatic heterocycles. The Morgan fingerprint density at radius 2 is 2.36 bits per heavy atom. The fraction of sp³-hybridized carbons (Fsp3) is 0.875. The molecule has 1 atom stereocenters. The molecule has 1 rings (SSSR count). The SMILES string of the molecule is CCC1CCCCN1C(=O)O. The summed E-state index contributed by atoms with van der Waals surface area (Å²) in [5, 5.41) is 8.77. The Morgan fingerprint density at radius 3 is 2.82 bits per heavy atom. The van der Waals surface area contributed by atoms with Crippen molar-refractivity contribution in [3.8, 4) is 0 Å². The molecule has 1 N–H and O–H groups in total. The molecule has 1 heterocycles. The summed E-state index contributed by atoms with van der Waals surface area (Å²) in [7, 11) is 0. The molecular weight excluding hydrogens is 142 g/mol. The van der Waals surface area contributed by atoms with Crippen molar-refractivity contribution in [2.45, 2.75) is 38.6 Å². The van der Waals surface area contributed by atoms with Crippen LogP contribution in [0.3, 0.4) is 0 Å². The highest BCUT2D eigenvalue weighted by molar-refractivity contribution is 5.65. The highest BCUT2D eigenvalue weighted by atomic mass is 16.4. The molecule has 1 aliphatic rings. The molecule has 0 saturated carbocycles. The topological polar surface area (TPSA) is 40.5 Å². The van der Waals surface area contributed by atoms with E-state index in [-0.39, 0.29) is 6.04 Å². The van der Waals surface area contributed by atoms with E-state index in [9.17, 15) is 4.79 Å². The van der Waals surface area contributed by atoms with Crippen molar-refractivity contribution in [3.63, 3.8) is 0 Å². The zero-order chi connectivity index (χ0) is 8.27. The maximum Gasteiger partial charge on any atom is 0.407 e. The average Bonchev–Trinajstić information content (AvgIpc) is 2.04. The van der Waals surface area contributed by atoms with E-state index in [2.05, 4.69) is 0 Å². The molecule has 0 bridgehead atoms. The number of rotatable bonds is 1. The molecule has 0 spiro atoms. The fourth-order valence-electron chi connectivity index (χ4n) is 1.68. The van der Waals surface area contributed by atoms with Crippen molar-refractivity contribution in [3.05, 3.63) is 0 Å². The van der Waals surface area contributed by atoms with Crippen LogP contribution in [0.2, 0.25) is 0 Å². The van der Waals surface area contributed by atoms with Gasteiger partial charge in [0.25, 0.3) is 0 Å². The van der Waals surface area contributed by atoms with Crippen molar-refractivity contribution in [1.29, 1.82) is 0 Å². The third-order valence-electron chi connectivity index (χ3n) is 2.34. The molecule has 0 aromatic carbocycles. The van der Waals surface area contributed by atoms with Gasteiger partial charge in [0.15, 0.2) is 0 Å². The maximum absolute atomic E-state index is 10.6. The van der Waals surface area contributed by atoms with Crippen LogP contribution in [0, 0.1) is 0 Å². The largest absolute Gasteiger partial charge is 0.465 e. The van der Waals surface area contributed by atoms with E-state index in [4.69, 9.17) is 5.11 Å². The molecule has 0 aliphatic carbocycles. The van der Waals surface area contributed by atoms with Crippen molar-refractivity contribution in [2.24, 2.45) is 0 Å². The highest BCUT2D eigenvalue weighted by Crippen LogP contribution is 2.18. The van der Waals surface area contributed by atoms with Gasteiger partial charge in [0.05, 0.1) is 0 Å². The van der Waals surface area contributed by atoms with Gasteiger partial charge in [-0.1, -0.05) is 6.92 Å². The number of amides is 1. The molecule has 3 nitrogen and oxygen atoms in total. The Labute approximate surface area is 67.0 Å². The van der Waals surface area contributed by atoms with Crippen LogP contribution < -0.4 is 0 Å².